The summed E-state index contributed by atoms with van der Waals surface area (Å²) in [4.78, 5) is 24.9. The van der Waals surface area contributed by atoms with Crippen molar-refractivity contribution in [2.75, 3.05) is 0 Å². The maximum Gasteiger partial charge on any atom is 0.336 e. The summed E-state index contributed by atoms with van der Waals surface area (Å²) in [5, 5.41) is 13.3. The molecule has 2 aromatic carbocycles. The van der Waals surface area contributed by atoms with Crippen molar-refractivity contribution in [3.05, 3.63) is 82.0 Å². The average molecular weight is 444 g/mol. The van der Waals surface area contributed by atoms with E-state index in [1.807, 2.05) is 30.3 Å². The van der Waals surface area contributed by atoms with Gasteiger partial charge in [-0.1, -0.05) is 58.4 Å². The predicted octanol–water partition coefficient (Wildman–Crippen LogP) is 4.85. The molecule has 0 heterocycles. The first-order valence-electron chi connectivity index (χ1n) is 8.62. The van der Waals surface area contributed by atoms with Crippen LogP contribution in [0.2, 0.25) is 0 Å². The van der Waals surface area contributed by atoms with Gasteiger partial charge in [0.15, 0.2) is 5.76 Å². The molecule has 0 bridgehead atoms. The molecule has 0 radical (unpaired) electrons. The van der Waals surface area contributed by atoms with Crippen molar-refractivity contribution in [1.29, 1.82) is 0 Å². The van der Waals surface area contributed by atoms with Gasteiger partial charge < -0.3 is 15.2 Å². The smallest absolute Gasteiger partial charge is 0.336 e. The molecule has 0 aliphatic rings. The zero-order valence-corrected chi connectivity index (χ0v) is 17.5. The number of carbonyl (C=O) groups excluding carboxylic acids is 2. The molecule has 2 rings (SSSR count). The van der Waals surface area contributed by atoms with Crippen LogP contribution in [-0.4, -0.2) is 22.5 Å². The van der Waals surface area contributed by atoms with Crippen LogP contribution in [-0.2, 0) is 14.3 Å². The lowest BCUT2D eigenvalue weighted by atomic mass is 10.1. The quantitative estimate of drug-likeness (QED) is 0.393. The number of ether oxygens (including phenoxy) is 1. The largest absolute Gasteiger partial charge is 0.504 e. The Hall–Kier alpha value is -2.86. The van der Waals surface area contributed by atoms with Crippen LogP contribution in [0.1, 0.15) is 31.9 Å². The van der Waals surface area contributed by atoms with Gasteiger partial charge in [0, 0.05) is 21.7 Å². The third kappa shape index (κ3) is 6.70. The zero-order valence-electron chi connectivity index (χ0n) is 15.9. The summed E-state index contributed by atoms with van der Waals surface area (Å²) in [7, 11) is 0. The molecule has 146 valence electrons. The maximum absolute atomic E-state index is 12.6. The predicted molar refractivity (Wildman–Crippen MR) is 113 cm³/mol. The first-order valence-corrected chi connectivity index (χ1v) is 9.41. The zero-order chi connectivity index (χ0) is 20.7. The van der Waals surface area contributed by atoms with Gasteiger partial charge in [0.2, 0.25) is 5.76 Å². The number of nitrogens with one attached hydrogen (secondary N) is 1. The number of esters is 1. The molecular formula is C22H22BrNO4. The molecule has 6 heteroatoms. The molecule has 0 aromatic heterocycles. The van der Waals surface area contributed by atoms with E-state index in [1.165, 1.54) is 6.08 Å². The van der Waals surface area contributed by atoms with Crippen LogP contribution in [0.3, 0.4) is 0 Å². The Labute approximate surface area is 172 Å². The normalized spacial score (nSPS) is 12.4. The van der Waals surface area contributed by atoms with Gasteiger partial charge in [0.1, 0.15) is 0 Å². The van der Waals surface area contributed by atoms with Crippen molar-refractivity contribution >= 4 is 39.6 Å². The number of aliphatic hydroxyl groups excluding tert-OH is 1. The Morgan fingerprint density at radius 3 is 2.21 bits per heavy atom. The fraction of sp³-hybridized carbons (Fsp3) is 0.182. The van der Waals surface area contributed by atoms with Crippen LogP contribution >= 0.6 is 15.9 Å². The third-order valence-electron chi connectivity index (χ3n) is 3.44. The Morgan fingerprint density at radius 1 is 1.04 bits per heavy atom. The number of hydrogen-bond donors (Lipinski definition) is 2. The lowest BCUT2D eigenvalue weighted by Gasteiger charge is -2.21. The molecule has 0 aliphatic heterocycles. The molecule has 2 aromatic rings. The van der Waals surface area contributed by atoms with Gasteiger partial charge in [-0.15, -0.1) is 0 Å². The third-order valence-corrected chi connectivity index (χ3v) is 3.97. The first kappa shape index (κ1) is 21.4. The van der Waals surface area contributed by atoms with Crippen molar-refractivity contribution in [3.8, 4) is 0 Å². The van der Waals surface area contributed by atoms with E-state index >= 15 is 0 Å². The van der Waals surface area contributed by atoms with E-state index in [0.717, 1.165) is 10.0 Å². The summed E-state index contributed by atoms with van der Waals surface area (Å²) < 4.78 is 6.02. The minimum absolute atomic E-state index is 0.349. The second-order valence-corrected chi connectivity index (χ2v) is 7.97. The summed E-state index contributed by atoms with van der Waals surface area (Å²) in [6.07, 6.45) is 2.77. The van der Waals surface area contributed by atoms with Gasteiger partial charge in [-0.25, -0.2) is 4.79 Å². The van der Waals surface area contributed by atoms with Crippen LogP contribution in [0.25, 0.3) is 11.8 Å². The molecule has 0 saturated heterocycles. The summed E-state index contributed by atoms with van der Waals surface area (Å²) in [6, 6.07) is 15.8. The molecule has 1 amide bonds. The highest BCUT2D eigenvalue weighted by Gasteiger charge is 2.25. The molecule has 0 saturated carbocycles. The second kappa shape index (κ2) is 9.37. The van der Waals surface area contributed by atoms with Crippen molar-refractivity contribution in [3.63, 3.8) is 0 Å². The minimum Gasteiger partial charge on any atom is -0.504 e. The van der Waals surface area contributed by atoms with E-state index in [4.69, 9.17) is 4.74 Å². The number of hydrogen-bond acceptors (Lipinski definition) is 4. The van der Waals surface area contributed by atoms with Crippen LogP contribution in [0.5, 0.6) is 0 Å². The van der Waals surface area contributed by atoms with E-state index in [1.54, 1.807) is 51.1 Å². The van der Waals surface area contributed by atoms with Gasteiger partial charge in [-0.05, 0) is 44.5 Å². The van der Waals surface area contributed by atoms with E-state index in [0.29, 0.717) is 5.56 Å². The molecule has 0 aliphatic carbocycles. The lowest BCUT2D eigenvalue weighted by Crippen LogP contribution is -2.42. The molecule has 0 atom stereocenters. The van der Waals surface area contributed by atoms with Crippen molar-refractivity contribution in [1.82, 2.24) is 5.32 Å². The second-order valence-electron chi connectivity index (χ2n) is 7.05. The molecule has 0 fully saturated rings. The topological polar surface area (TPSA) is 75.6 Å². The summed E-state index contributed by atoms with van der Waals surface area (Å²) in [6.45, 7) is 5.36. The van der Waals surface area contributed by atoms with Crippen LogP contribution in [0.4, 0.5) is 0 Å². The summed E-state index contributed by atoms with van der Waals surface area (Å²) in [5.41, 5.74) is 0.581. The first-order chi connectivity index (χ1) is 13.2. The molecule has 0 spiro atoms. The highest BCUT2D eigenvalue weighted by molar-refractivity contribution is 9.10. The minimum atomic E-state index is -0.772. The SMILES string of the molecule is CC(C)(C)NC(=O)/C(OC(=O)/C=C/c1ccccc1)=C(/O)c1ccc(Br)cc1. The van der Waals surface area contributed by atoms with Gasteiger partial charge in [0.05, 0.1) is 0 Å². The van der Waals surface area contributed by atoms with Crippen molar-refractivity contribution in [2.45, 2.75) is 26.3 Å². The van der Waals surface area contributed by atoms with Crippen LogP contribution < -0.4 is 5.32 Å². The van der Waals surface area contributed by atoms with E-state index < -0.39 is 28.9 Å². The van der Waals surface area contributed by atoms with Gasteiger partial charge >= 0.3 is 5.97 Å². The number of halogens is 1. The van der Waals surface area contributed by atoms with Crippen LogP contribution in [0.15, 0.2) is 70.9 Å². The van der Waals surface area contributed by atoms with Crippen molar-refractivity contribution in [2.24, 2.45) is 0 Å². The molecular weight excluding hydrogens is 422 g/mol. The summed E-state index contributed by atoms with van der Waals surface area (Å²) in [5.74, 6) is -2.34. The number of benzene rings is 2. The Bertz CT molecular complexity index is 894. The standard InChI is InChI=1S/C22H22BrNO4/c1-22(2,3)24-21(27)20(19(26)16-10-12-17(23)13-11-16)28-18(25)14-9-15-7-5-4-6-8-15/h4-14,26H,1-3H3,(H,24,27)/b14-9+,20-19-. The molecule has 5 nitrogen and oxygen atoms in total. The number of amides is 1. The monoisotopic (exact) mass is 443 g/mol. The number of aliphatic hydroxyl groups is 1. The number of carbonyl (C=O) groups is 2. The fourth-order valence-electron chi connectivity index (χ4n) is 2.20. The Balaban J connectivity index is 2.31. The number of rotatable bonds is 5. The maximum atomic E-state index is 12.6. The van der Waals surface area contributed by atoms with Gasteiger partial charge in [-0.2, -0.15) is 0 Å². The van der Waals surface area contributed by atoms with E-state index in [-0.39, 0.29) is 0 Å². The highest BCUT2D eigenvalue weighted by Crippen LogP contribution is 2.21. The highest BCUT2D eigenvalue weighted by atomic mass is 79.9. The van der Waals surface area contributed by atoms with E-state index in [2.05, 4.69) is 21.2 Å². The fourth-order valence-corrected chi connectivity index (χ4v) is 2.47. The van der Waals surface area contributed by atoms with Crippen molar-refractivity contribution < 1.29 is 19.4 Å². The van der Waals surface area contributed by atoms with E-state index in [9.17, 15) is 14.7 Å². The van der Waals surface area contributed by atoms with Gasteiger partial charge in [-0.3, -0.25) is 4.79 Å². The van der Waals surface area contributed by atoms with Crippen LogP contribution in [0, 0.1) is 0 Å². The summed E-state index contributed by atoms with van der Waals surface area (Å²) >= 11 is 3.31. The molecule has 0 unspecified atom stereocenters. The van der Waals surface area contributed by atoms with Gasteiger partial charge in [0.25, 0.3) is 5.91 Å². The molecule has 2 N–H and O–H groups in total. The molecule has 28 heavy (non-hydrogen) atoms. The average Bonchev–Trinajstić information content (AvgIpc) is 2.64. The Kier molecular flexibility index (Phi) is 7.18. The Morgan fingerprint density at radius 2 is 1.64 bits per heavy atom. The lowest BCUT2D eigenvalue weighted by molar-refractivity contribution is -0.138.